The standard InChI is InChI=1S/C21H19F2N5O/c1-14(19-26-16-9-5-6-10-17(16)28(19)21(22)23)11-25-20(29)18-12-24-13-27(18)15-7-3-2-4-8-15/h2-10,12-14,21H,11H2,1H3,(H,25,29)/t14-/m0/s1. The van der Waals surface area contributed by atoms with Gasteiger partial charge >= 0.3 is 6.55 Å². The van der Waals surface area contributed by atoms with Gasteiger partial charge in [-0.25, -0.2) is 9.97 Å². The van der Waals surface area contributed by atoms with E-state index in [4.69, 9.17) is 0 Å². The number of aromatic nitrogens is 4. The number of hydrogen-bond donors (Lipinski definition) is 1. The summed E-state index contributed by atoms with van der Waals surface area (Å²) >= 11 is 0. The predicted octanol–water partition coefficient (Wildman–Crippen LogP) is 4.15. The molecule has 4 rings (SSSR count). The first-order valence-electron chi connectivity index (χ1n) is 9.17. The van der Waals surface area contributed by atoms with Crippen LogP contribution in [0, 0.1) is 0 Å². The molecule has 0 unspecified atom stereocenters. The van der Waals surface area contributed by atoms with Crippen molar-refractivity contribution in [1.29, 1.82) is 0 Å². The molecule has 0 aliphatic rings. The predicted molar refractivity (Wildman–Crippen MR) is 105 cm³/mol. The number of hydrogen-bond acceptors (Lipinski definition) is 3. The van der Waals surface area contributed by atoms with Crippen LogP contribution in [-0.2, 0) is 0 Å². The van der Waals surface area contributed by atoms with E-state index in [-0.39, 0.29) is 18.3 Å². The molecule has 0 aliphatic carbocycles. The Morgan fingerprint density at radius 1 is 1.10 bits per heavy atom. The summed E-state index contributed by atoms with van der Waals surface area (Å²) in [7, 11) is 0. The quantitative estimate of drug-likeness (QED) is 0.533. The van der Waals surface area contributed by atoms with Gasteiger partial charge in [0, 0.05) is 18.2 Å². The Kier molecular flexibility index (Phi) is 5.07. The molecule has 0 saturated heterocycles. The van der Waals surface area contributed by atoms with E-state index in [1.165, 1.54) is 6.20 Å². The van der Waals surface area contributed by atoms with Crippen LogP contribution in [0.3, 0.4) is 0 Å². The van der Waals surface area contributed by atoms with Gasteiger partial charge in [0.25, 0.3) is 5.91 Å². The van der Waals surface area contributed by atoms with Crippen molar-refractivity contribution in [2.24, 2.45) is 0 Å². The third-order valence-corrected chi connectivity index (χ3v) is 4.73. The van der Waals surface area contributed by atoms with Gasteiger partial charge in [-0.05, 0) is 24.3 Å². The van der Waals surface area contributed by atoms with Gasteiger partial charge in [-0.2, -0.15) is 8.78 Å². The summed E-state index contributed by atoms with van der Waals surface area (Å²) in [5.41, 5.74) is 2.05. The van der Waals surface area contributed by atoms with E-state index in [9.17, 15) is 13.6 Å². The number of nitrogens with zero attached hydrogens (tertiary/aromatic N) is 4. The van der Waals surface area contributed by atoms with E-state index in [1.807, 2.05) is 30.3 Å². The summed E-state index contributed by atoms with van der Waals surface area (Å²) in [6.07, 6.45) is 3.03. The van der Waals surface area contributed by atoms with Crippen LogP contribution in [-0.4, -0.2) is 31.6 Å². The summed E-state index contributed by atoms with van der Waals surface area (Å²) in [4.78, 5) is 21.1. The number of fused-ring (bicyclic) bond motifs is 1. The summed E-state index contributed by atoms with van der Waals surface area (Å²) in [6.45, 7) is -0.793. The fourth-order valence-corrected chi connectivity index (χ4v) is 3.30. The topological polar surface area (TPSA) is 64.7 Å². The van der Waals surface area contributed by atoms with Crippen molar-refractivity contribution in [3.63, 3.8) is 0 Å². The number of benzene rings is 2. The number of imidazole rings is 2. The SMILES string of the molecule is C[C@@H](CNC(=O)c1cncn1-c1ccccc1)c1nc2ccccc2n1C(F)F. The second kappa shape index (κ2) is 7.83. The van der Waals surface area contributed by atoms with Gasteiger partial charge in [0.1, 0.15) is 11.5 Å². The van der Waals surface area contributed by atoms with Gasteiger partial charge < -0.3 is 5.32 Å². The minimum absolute atomic E-state index is 0.162. The summed E-state index contributed by atoms with van der Waals surface area (Å²) in [5.74, 6) is -0.510. The van der Waals surface area contributed by atoms with Crippen molar-refractivity contribution >= 4 is 16.9 Å². The lowest BCUT2D eigenvalue weighted by Crippen LogP contribution is -2.30. The zero-order valence-corrected chi connectivity index (χ0v) is 15.7. The maximum Gasteiger partial charge on any atom is 0.320 e. The van der Waals surface area contributed by atoms with Crippen LogP contribution >= 0.6 is 0 Å². The molecule has 8 heteroatoms. The number of rotatable bonds is 6. The molecule has 4 aromatic rings. The van der Waals surface area contributed by atoms with Crippen LogP contribution in [0.15, 0.2) is 67.1 Å². The first-order valence-corrected chi connectivity index (χ1v) is 9.17. The van der Waals surface area contributed by atoms with Gasteiger partial charge in [0.05, 0.1) is 23.6 Å². The van der Waals surface area contributed by atoms with Gasteiger partial charge in [-0.1, -0.05) is 37.3 Å². The molecule has 0 aliphatic heterocycles. The molecule has 0 spiro atoms. The van der Waals surface area contributed by atoms with Crippen molar-refractivity contribution in [3.05, 3.63) is 78.6 Å². The fourth-order valence-electron chi connectivity index (χ4n) is 3.30. The molecule has 1 N–H and O–H groups in total. The summed E-state index contributed by atoms with van der Waals surface area (Å²) < 4.78 is 29.9. The summed E-state index contributed by atoms with van der Waals surface area (Å²) in [6, 6.07) is 16.1. The molecule has 0 fully saturated rings. The smallest absolute Gasteiger partial charge is 0.320 e. The lowest BCUT2D eigenvalue weighted by Gasteiger charge is -2.15. The van der Waals surface area contributed by atoms with Gasteiger partial charge in [0.15, 0.2) is 0 Å². The molecule has 29 heavy (non-hydrogen) atoms. The van der Waals surface area contributed by atoms with Crippen LogP contribution in [0.2, 0.25) is 0 Å². The Hall–Kier alpha value is -3.55. The highest BCUT2D eigenvalue weighted by Crippen LogP contribution is 2.27. The van der Waals surface area contributed by atoms with Crippen molar-refractivity contribution in [1.82, 2.24) is 24.4 Å². The van der Waals surface area contributed by atoms with Gasteiger partial charge in [-0.15, -0.1) is 0 Å². The number of nitrogens with one attached hydrogen (secondary N) is 1. The molecule has 0 saturated carbocycles. The maximum atomic E-state index is 13.6. The Labute approximate surface area is 165 Å². The number of para-hydroxylation sites is 3. The fraction of sp³-hybridized carbons (Fsp3) is 0.190. The summed E-state index contributed by atoms with van der Waals surface area (Å²) in [5, 5.41) is 2.81. The number of carbonyl (C=O) groups excluding carboxylic acids is 1. The van der Waals surface area contributed by atoms with Gasteiger partial charge in [0.2, 0.25) is 0 Å². The van der Waals surface area contributed by atoms with E-state index in [2.05, 4.69) is 15.3 Å². The van der Waals surface area contributed by atoms with Crippen LogP contribution < -0.4 is 5.32 Å². The Balaban J connectivity index is 1.53. The molecule has 1 amide bonds. The first-order chi connectivity index (χ1) is 14.1. The number of halogens is 2. The first kappa shape index (κ1) is 18.8. The Bertz CT molecular complexity index is 1140. The largest absolute Gasteiger partial charge is 0.350 e. The molecule has 148 valence electrons. The monoisotopic (exact) mass is 395 g/mol. The zero-order chi connectivity index (χ0) is 20.4. The molecule has 2 aromatic carbocycles. The van der Waals surface area contributed by atoms with Crippen LogP contribution in [0.25, 0.3) is 16.7 Å². The molecular weight excluding hydrogens is 376 g/mol. The lowest BCUT2D eigenvalue weighted by molar-refractivity contribution is 0.0703. The average Bonchev–Trinajstić information content (AvgIpc) is 3.37. The molecule has 1 atom stereocenters. The highest BCUT2D eigenvalue weighted by Gasteiger charge is 2.22. The Morgan fingerprint density at radius 3 is 2.59 bits per heavy atom. The van der Waals surface area contributed by atoms with Crippen LogP contribution in [0.5, 0.6) is 0 Å². The molecular formula is C21H19F2N5O. The molecule has 6 nitrogen and oxygen atoms in total. The minimum atomic E-state index is -2.71. The number of alkyl halides is 2. The maximum absolute atomic E-state index is 13.6. The van der Waals surface area contributed by atoms with E-state index in [0.29, 0.717) is 16.7 Å². The average molecular weight is 395 g/mol. The van der Waals surface area contributed by atoms with E-state index >= 15 is 0 Å². The Morgan fingerprint density at radius 2 is 1.83 bits per heavy atom. The highest BCUT2D eigenvalue weighted by molar-refractivity contribution is 5.93. The molecule has 2 heterocycles. The van der Waals surface area contributed by atoms with Gasteiger partial charge in [-0.3, -0.25) is 13.9 Å². The van der Waals surface area contributed by atoms with Crippen molar-refractivity contribution in [2.45, 2.75) is 19.4 Å². The van der Waals surface area contributed by atoms with E-state index in [1.54, 1.807) is 42.1 Å². The highest BCUT2D eigenvalue weighted by atomic mass is 19.3. The number of amides is 1. The van der Waals surface area contributed by atoms with Crippen LogP contribution in [0.1, 0.15) is 35.7 Å². The normalized spacial score (nSPS) is 12.4. The second-order valence-electron chi connectivity index (χ2n) is 6.70. The molecule has 0 bridgehead atoms. The third-order valence-electron chi connectivity index (χ3n) is 4.73. The van der Waals surface area contributed by atoms with Crippen LogP contribution in [0.4, 0.5) is 8.78 Å². The molecule has 2 aromatic heterocycles. The lowest BCUT2D eigenvalue weighted by atomic mass is 10.1. The van der Waals surface area contributed by atoms with Crippen molar-refractivity contribution in [2.75, 3.05) is 6.54 Å². The van der Waals surface area contributed by atoms with E-state index in [0.717, 1.165) is 10.3 Å². The third kappa shape index (κ3) is 3.61. The second-order valence-corrected chi connectivity index (χ2v) is 6.70. The number of carbonyl (C=O) groups is 1. The zero-order valence-electron chi connectivity index (χ0n) is 15.7. The van der Waals surface area contributed by atoms with Crippen molar-refractivity contribution in [3.8, 4) is 5.69 Å². The van der Waals surface area contributed by atoms with E-state index < -0.39 is 12.5 Å². The minimum Gasteiger partial charge on any atom is -0.350 e. The molecule has 0 radical (unpaired) electrons. The van der Waals surface area contributed by atoms with Crippen molar-refractivity contribution < 1.29 is 13.6 Å².